The first-order chi connectivity index (χ1) is 8.84. The normalized spacial score (nSPS) is 11.6. The van der Waals surface area contributed by atoms with E-state index in [0.717, 1.165) is 10.2 Å². The van der Waals surface area contributed by atoms with Crippen molar-refractivity contribution in [3.8, 4) is 5.75 Å². The first kappa shape index (κ1) is 15.8. The summed E-state index contributed by atoms with van der Waals surface area (Å²) in [6.07, 6.45) is 2.97. The fraction of sp³-hybridized carbons (Fsp3) is 0.400. The number of carbonyl (C=O) groups is 1. The number of hydrogen-bond acceptors (Lipinski definition) is 3. The molecule has 0 aliphatic carbocycles. The third kappa shape index (κ3) is 5.07. The second kappa shape index (κ2) is 6.75. The molecule has 0 bridgehead atoms. The van der Waals surface area contributed by atoms with Gasteiger partial charge in [-0.25, -0.2) is 4.79 Å². The van der Waals surface area contributed by atoms with E-state index < -0.39 is 0 Å². The van der Waals surface area contributed by atoms with Gasteiger partial charge in [-0.15, -0.1) is 0 Å². The van der Waals surface area contributed by atoms with Crippen LogP contribution < -0.4 is 4.74 Å². The summed E-state index contributed by atoms with van der Waals surface area (Å²) in [6.45, 7) is 6.81. The van der Waals surface area contributed by atoms with Crippen LogP contribution in [0.15, 0.2) is 34.8 Å². The highest BCUT2D eigenvalue weighted by Gasteiger charge is 2.15. The average molecular weight is 327 g/mol. The van der Waals surface area contributed by atoms with Crippen molar-refractivity contribution in [1.29, 1.82) is 0 Å². The van der Waals surface area contributed by atoms with Gasteiger partial charge in [0.05, 0.1) is 11.6 Å². The standard InChI is InChI=1S/C15H19BrO3/c1-15(2,3)11-7-8-13(12(16)10-11)19-9-5-6-14(17)18-4/h5-8,10H,9H2,1-4H3/b6-5+. The Labute approximate surface area is 122 Å². The number of methoxy groups -OCH3 is 1. The quantitative estimate of drug-likeness (QED) is 0.622. The van der Waals surface area contributed by atoms with E-state index in [9.17, 15) is 4.79 Å². The summed E-state index contributed by atoms with van der Waals surface area (Å²) in [5.41, 5.74) is 1.34. The van der Waals surface area contributed by atoms with Crippen LogP contribution in [0.4, 0.5) is 0 Å². The molecule has 0 heterocycles. The second-order valence-corrected chi connectivity index (χ2v) is 5.99. The predicted molar refractivity (Wildman–Crippen MR) is 79.5 cm³/mol. The number of halogens is 1. The number of ether oxygens (including phenoxy) is 2. The maximum absolute atomic E-state index is 10.9. The lowest BCUT2D eigenvalue weighted by Crippen LogP contribution is -2.11. The molecule has 0 atom stereocenters. The van der Waals surface area contributed by atoms with Gasteiger partial charge in [0.2, 0.25) is 0 Å². The highest BCUT2D eigenvalue weighted by Crippen LogP contribution is 2.31. The average Bonchev–Trinajstić information content (AvgIpc) is 2.34. The second-order valence-electron chi connectivity index (χ2n) is 5.13. The monoisotopic (exact) mass is 326 g/mol. The summed E-state index contributed by atoms with van der Waals surface area (Å²) in [7, 11) is 1.34. The molecule has 0 fully saturated rings. The molecule has 1 rings (SSSR count). The Kier molecular flexibility index (Phi) is 5.60. The van der Waals surface area contributed by atoms with Crippen LogP contribution >= 0.6 is 15.9 Å². The van der Waals surface area contributed by atoms with Gasteiger partial charge in [-0.1, -0.05) is 26.8 Å². The minimum atomic E-state index is -0.384. The molecule has 1 aromatic rings. The van der Waals surface area contributed by atoms with Gasteiger partial charge in [-0.05, 0) is 45.1 Å². The molecule has 0 radical (unpaired) electrons. The van der Waals surface area contributed by atoms with Crippen LogP contribution in [0.25, 0.3) is 0 Å². The highest BCUT2D eigenvalue weighted by molar-refractivity contribution is 9.10. The van der Waals surface area contributed by atoms with E-state index in [-0.39, 0.29) is 11.4 Å². The molecular formula is C15H19BrO3. The molecule has 0 amide bonds. The van der Waals surface area contributed by atoms with Gasteiger partial charge in [0.25, 0.3) is 0 Å². The molecule has 0 aromatic heterocycles. The molecule has 4 heteroatoms. The third-order valence-electron chi connectivity index (χ3n) is 2.59. The number of esters is 1. The summed E-state index contributed by atoms with van der Waals surface area (Å²) in [6, 6.07) is 6.03. The molecule has 0 spiro atoms. The molecule has 0 saturated carbocycles. The summed E-state index contributed by atoms with van der Waals surface area (Å²) >= 11 is 3.49. The first-order valence-electron chi connectivity index (χ1n) is 6.02. The molecule has 19 heavy (non-hydrogen) atoms. The number of carbonyl (C=O) groups excluding carboxylic acids is 1. The Balaban J connectivity index is 2.66. The smallest absolute Gasteiger partial charge is 0.330 e. The molecule has 3 nitrogen and oxygen atoms in total. The maximum atomic E-state index is 10.9. The molecule has 104 valence electrons. The van der Waals surface area contributed by atoms with E-state index in [0.29, 0.717) is 6.61 Å². The minimum absolute atomic E-state index is 0.103. The fourth-order valence-corrected chi connectivity index (χ4v) is 1.93. The predicted octanol–water partition coefficient (Wildman–Crippen LogP) is 3.85. The Morgan fingerprint density at radius 2 is 2.05 bits per heavy atom. The van der Waals surface area contributed by atoms with E-state index in [1.165, 1.54) is 18.7 Å². The Bertz CT molecular complexity index is 473. The van der Waals surface area contributed by atoms with Gasteiger partial charge >= 0.3 is 5.97 Å². The van der Waals surface area contributed by atoms with E-state index in [1.54, 1.807) is 6.08 Å². The van der Waals surface area contributed by atoms with Crippen LogP contribution in [0.2, 0.25) is 0 Å². The van der Waals surface area contributed by atoms with Crippen molar-refractivity contribution in [1.82, 2.24) is 0 Å². The molecule has 0 saturated heterocycles. The van der Waals surface area contributed by atoms with Gasteiger partial charge in [0, 0.05) is 6.08 Å². The minimum Gasteiger partial charge on any atom is -0.488 e. The SMILES string of the molecule is COC(=O)/C=C/COc1ccc(C(C)(C)C)cc1Br. The zero-order valence-electron chi connectivity index (χ0n) is 11.7. The number of benzene rings is 1. The van der Waals surface area contributed by atoms with E-state index in [1.807, 2.05) is 12.1 Å². The van der Waals surface area contributed by atoms with Crippen LogP contribution in [-0.4, -0.2) is 19.7 Å². The summed E-state index contributed by atoms with van der Waals surface area (Å²) in [5, 5.41) is 0. The zero-order valence-corrected chi connectivity index (χ0v) is 13.3. The van der Waals surface area contributed by atoms with Crippen LogP contribution in [0.3, 0.4) is 0 Å². The topological polar surface area (TPSA) is 35.5 Å². The third-order valence-corrected chi connectivity index (χ3v) is 3.21. The van der Waals surface area contributed by atoms with E-state index in [4.69, 9.17) is 4.74 Å². The van der Waals surface area contributed by atoms with Crippen molar-refractivity contribution in [2.24, 2.45) is 0 Å². The van der Waals surface area contributed by atoms with Crippen molar-refractivity contribution in [2.45, 2.75) is 26.2 Å². The molecule has 0 unspecified atom stereocenters. The van der Waals surface area contributed by atoms with E-state index >= 15 is 0 Å². The lowest BCUT2D eigenvalue weighted by molar-refractivity contribution is -0.134. The first-order valence-corrected chi connectivity index (χ1v) is 6.81. The lowest BCUT2D eigenvalue weighted by atomic mass is 9.87. The van der Waals surface area contributed by atoms with Crippen LogP contribution in [0.1, 0.15) is 26.3 Å². The lowest BCUT2D eigenvalue weighted by Gasteiger charge is -2.20. The van der Waals surface area contributed by atoms with Crippen LogP contribution in [-0.2, 0) is 14.9 Å². The Morgan fingerprint density at radius 3 is 2.58 bits per heavy atom. The molecule has 1 aromatic carbocycles. The van der Waals surface area contributed by atoms with Gasteiger partial charge < -0.3 is 9.47 Å². The number of hydrogen-bond donors (Lipinski definition) is 0. The molecular weight excluding hydrogens is 308 g/mol. The van der Waals surface area contributed by atoms with Crippen LogP contribution in [0, 0.1) is 0 Å². The van der Waals surface area contributed by atoms with Gasteiger partial charge in [-0.2, -0.15) is 0 Å². The molecule has 0 aliphatic rings. The van der Waals surface area contributed by atoms with Crippen LogP contribution in [0.5, 0.6) is 5.75 Å². The van der Waals surface area contributed by atoms with Gasteiger partial charge in [0.1, 0.15) is 12.4 Å². The largest absolute Gasteiger partial charge is 0.488 e. The van der Waals surface area contributed by atoms with Crippen molar-refractivity contribution in [3.05, 3.63) is 40.4 Å². The highest BCUT2D eigenvalue weighted by atomic mass is 79.9. The van der Waals surface area contributed by atoms with Gasteiger partial charge in [-0.3, -0.25) is 0 Å². The summed E-state index contributed by atoms with van der Waals surface area (Å²) in [5.74, 6) is 0.369. The van der Waals surface area contributed by atoms with Crippen molar-refractivity contribution in [2.75, 3.05) is 13.7 Å². The number of rotatable bonds is 4. The van der Waals surface area contributed by atoms with Crippen molar-refractivity contribution >= 4 is 21.9 Å². The van der Waals surface area contributed by atoms with Crippen molar-refractivity contribution < 1.29 is 14.3 Å². The van der Waals surface area contributed by atoms with Gasteiger partial charge in [0.15, 0.2) is 0 Å². The summed E-state index contributed by atoms with van der Waals surface area (Å²) < 4.78 is 11.0. The zero-order chi connectivity index (χ0) is 14.5. The van der Waals surface area contributed by atoms with Crippen molar-refractivity contribution in [3.63, 3.8) is 0 Å². The molecule has 0 N–H and O–H groups in total. The van der Waals surface area contributed by atoms with E-state index in [2.05, 4.69) is 47.5 Å². The maximum Gasteiger partial charge on any atom is 0.330 e. The Hall–Kier alpha value is -1.29. The summed E-state index contributed by atoms with van der Waals surface area (Å²) in [4.78, 5) is 10.9. The Morgan fingerprint density at radius 1 is 1.37 bits per heavy atom. The fourth-order valence-electron chi connectivity index (χ4n) is 1.43. The molecule has 0 aliphatic heterocycles.